The molecule has 6 nitrogen and oxygen atoms in total. The molecule has 0 saturated carbocycles. The number of hydrogen-bond donors (Lipinski definition) is 2. The molecule has 1 fully saturated rings. The highest BCUT2D eigenvalue weighted by atomic mass is 16.4. The predicted octanol–water partition coefficient (Wildman–Crippen LogP) is 1.44. The number of amidine groups is 1. The van der Waals surface area contributed by atoms with Gasteiger partial charge < -0.3 is 15.8 Å². The molecule has 0 spiro atoms. The van der Waals surface area contributed by atoms with Crippen LogP contribution in [-0.2, 0) is 0 Å². The molecule has 0 amide bonds. The summed E-state index contributed by atoms with van der Waals surface area (Å²) in [5.74, 6) is 2.39. The van der Waals surface area contributed by atoms with Gasteiger partial charge in [0.25, 0.3) is 0 Å². The van der Waals surface area contributed by atoms with Gasteiger partial charge >= 0.3 is 0 Å². The zero-order valence-corrected chi connectivity index (χ0v) is 11.5. The average Bonchev–Trinajstić information content (AvgIpc) is 2.46. The van der Waals surface area contributed by atoms with E-state index in [4.69, 9.17) is 10.9 Å². The highest BCUT2D eigenvalue weighted by Crippen LogP contribution is 2.26. The Labute approximate surface area is 113 Å². The summed E-state index contributed by atoms with van der Waals surface area (Å²) < 4.78 is 0. The zero-order chi connectivity index (χ0) is 13.8. The number of rotatable bonds is 3. The van der Waals surface area contributed by atoms with Crippen molar-refractivity contribution in [3.05, 3.63) is 18.1 Å². The van der Waals surface area contributed by atoms with E-state index in [9.17, 15) is 0 Å². The SMILES string of the molecule is CC(C)C1CCN(c2cnc(C(N)=NO)cn2)CC1. The summed E-state index contributed by atoms with van der Waals surface area (Å²) in [6.07, 6.45) is 5.62. The molecule has 2 rings (SSSR count). The van der Waals surface area contributed by atoms with Crippen molar-refractivity contribution >= 4 is 11.7 Å². The van der Waals surface area contributed by atoms with Gasteiger partial charge in [-0.25, -0.2) is 9.97 Å². The molecular weight excluding hydrogens is 242 g/mol. The van der Waals surface area contributed by atoms with Crippen LogP contribution in [0.2, 0.25) is 0 Å². The average molecular weight is 263 g/mol. The number of aromatic nitrogens is 2. The number of oxime groups is 1. The van der Waals surface area contributed by atoms with Gasteiger partial charge in [-0.1, -0.05) is 19.0 Å². The molecule has 1 aliphatic rings. The Balaban J connectivity index is 2.00. The van der Waals surface area contributed by atoms with Crippen LogP contribution in [0.1, 0.15) is 32.4 Å². The predicted molar refractivity (Wildman–Crippen MR) is 74.3 cm³/mol. The minimum Gasteiger partial charge on any atom is -0.409 e. The first kappa shape index (κ1) is 13.6. The van der Waals surface area contributed by atoms with Crippen molar-refractivity contribution in [3.63, 3.8) is 0 Å². The van der Waals surface area contributed by atoms with E-state index in [-0.39, 0.29) is 5.84 Å². The summed E-state index contributed by atoms with van der Waals surface area (Å²) in [4.78, 5) is 10.7. The maximum Gasteiger partial charge on any atom is 0.190 e. The second kappa shape index (κ2) is 5.86. The molecule has 6 heteroatoms. The van der Waals surface area contributed by atoms with Crippen LogP contribution >= 0.6 is 0 Å². The third kappa shape index (κ3) is 3.13. The van der Waals surface area contributed by atoms with Gasteiger partial charge in [-0.05, 0) is 24.7 Å². The van der Waals surface area contributed by atoms with Gasteiger partial charge in [0.15, 0.2) is 5.84 Å². The second-order valence-corrected chi connectivity index (χ2v) is 5.31. The van der Waals surface area contributed by atoms with Crippen LogP contribution < -0.4 is 10.6 Å². The lowest BCUT2D eigenvalue weighted by Gasteiger charge is -2.34. The molecular formula is C13H21N5O. The summed E-state index contributed by atoms with van der Waals surface area (Å²) in [5.41, 5.74) is 5.85. The Kier molecular flexibility index (Phi) is 4.19. The van der Waals surface area contributed by atoms with Crippen LogP contribution in [0.4, 0.5) is 5.82 Å². The third-order valence-electron chi connectivity index (χ3n) is 3.81. The van der Waals surface area contributed by atoms with Crippen LogP contribution in [0.5, 0.6) is 0 Å². The topological polar surface area (TPSA) is 87.6 Å². The fourth-order valence-electron chi connectivity index (χ4n) is 2.46. The summed E-state index contributed by atoms with van der Waals surface area (Å²) >= 11 is 0. The Morgan fingerprint density at radius 2 is 2.05 bits per heavy atom. The van der Waals surface area contributed by atoms with E-state index in [1.165, 1.54) is 12.8 Å². The molecule has 1 saturated heterocycles. The maximum atomic E-state index is 8.57. The van der Waals surface area contributed by atoms with E-state index >= 15 is 0 Å². The molecule has 0 aromatic carbocycles. The molecule has 19 heavy (non-hydrogen) atoms. The number of anilines is 1. The summed E-state index contributed by atoms with van der Waals surface area (Å²) in [5, 5.41) is 11.5. The fourth-order valence-corrected chi connectivity index (χ4v) is 2.46. The monoisotopic (exact) mass is 263 g/mol. The zero-order valence-electron chi connectivity index (χ0n) is 11.5. The molecule has 0 radical (unpaired) electrons. The van der Waals surface area contributed by atoms with Crippen LogP contribution in [0.25, 0.3) is 0 Å². The largest absolute Gasteiger partial charge is 0.409 e. The Bertz CT molecular complexity index is 435. The number of nitrogens with zero attached hydrogens (tertiary/aromatic N) is 4. The molecule has 1 aliphatic heterocycles. The molecule has 3 N–H and O–H groups in total. The lowest BCUT2D eigenvalue weighted by molar-refractivity contribution is 0.310. The van der Waals surface area contributed by atoms with Crippen molar-refractivity contribution in [2.24, 2.45) is 22.7 Å². The van der Waals surface area contributed by atoms with Gasteiger partial charge in [0, 0.05) is 13.1 Å². The quantitative estimate of drug-likeness (QED) is 0.373. The molecule has 0 unspecified atom stereocenters. The number of piperidine rings is 1. The Hall–Kier alpha value is -1.85. The van der Waals surface area contributed by atoms with Gasteiger partial charge in [-0.15, -0.1) is 0 Å². The van der Waals surface area contributed by atoms with Crippen LogP contribution in [0, 0.1) is 11.8 Å². The lowest BCUT2D eigenvalue weighted by Crippen LogP contribution is -2.35. The summed E-state index contributed by atoms with van der Waals surface area (Å²) in [6.45, 7) is 6.60. The smallest absolute Gasteiger partial charge is 0.190 e. The van der Waals surface area contributed by atoms with E-state index in [2.05, 4.69) is 33.9 Å². The minimum atomic E-state index is -0.0161. The number of hydrogen-bond acceptors (Lipinski definition) is 5. The lowest BCUT2D eigenvalue weighted by atomic mass is 9.87. The van der Waals surface area contributed by atoms with Gasteiger partial charge in [0.2, 0.25) is 0 Å². The molecule has 0 aliphatic carbocycles. The Morgan fingerprint density at radius 1 is 1.37 bits per heavy atom. The minimum absolute atomic E-state index is 0.0161. The van der Waals surface area contributed by atoms with Crippen LogP contribution in [0.3, 0.4) is 0 Å². The van der Waals surface area contributed by atoms with E-state index in [0.717, 1.165) is 30.7 Å². The van der Waals surface area contributed by atoms with Gasteiger partial charge in [-0.2, -0.15) is 0 Å². The molecule has 1 aromatic rings. The van der Waals surface area contributed by atoms with Crippen LogP contribution in [-0.4, -0.2) is 34.1 Å². The third-order valence-corrected chi connectivity index (χ3v) is 3.81. The van der Waals surface area contributed by atoms with E-state index in [1.807, 2.05) is 0 Å². The number of nitrogens with two attached hydrogens (primary N) is 1. The fraction of sp³-hybridized carbons (Fsp3) is 0.615. The maximum absolute atomic E-state index is 8.57. The van der Waals surface area contributed by atoms with Gasteiger partial charge in [-0.3, -0.25) is 0 Å². The van der Waals surface area contributed by atoms with Crippen molar-refractivity contribution in [3.8, 4) is 0 Å². The highest BCUT2D eigenvalue weighted by Gasteiger charge is 2.22. The second-order valence-electron chi connectivity index (χ2n) is 5.31. The molecule has 104 valence electrons. The van der Waals surface area contributed by atoms with E-state index in [0.29, 0.717) is 5.69 Å². The van der Waals surface area contributed by atoms with Crippen molar-refractivity contribution in [1.29, 1.82) is 0 Å². The first-order valence-electron chi connectivity index (χ1n) is 6.66. The molecule has 1 aromatic heterocycles. The van der Waals surface area contributed by atoms with E-state index < -0.39 is 0 Å². The summed E-state index contributed by atoms with van der Waals surface area (Å²) in [6, 6.07) is 0. The van der Waals surface area contributed by atoms with E-state index in [1.54, 1.807) is 12.4 Å². The molecule has 0 bridgehead atoms. The molecule has 2 heterocycles. The standard InChI is InChI=1S/C13H21N5O/c1-9(2)10-3-5-18(6-4-10)12-8-15-11(7-16-12)13(14)17-19/h7-10,19H,3-6H2,1-2H3,(H2,14,17). The first-order valence-corrected chi connectivity index (χ1v) is 6.66. The van der Waals surface area contributed by atoms with Gasteiger partial charge in [0.1, 0.15) is 11.5 Å². The van der Waals surface area contributed by atoms with Crippen molar-refractivity contribution < 1.29 is 5.21 Å². The first-order chi connectivity index (χ1) is 9.11. The summed E-state index contributed by atoms with van der Waals surface area (Å²) in [7, 11) is 0. The Morgan fingerprint density at radius 3 is 2.53 bits per heavy atom. The highest BCUT2D eigenvalue weighted by molar-refractivity contribution is 5.94. The van der Waals surface area contributed by atoms with Crippen molar-refractivity contribution in [2.45, 2.75) is 26.7 Å². The van der Waals surface area contributed by atoms with Gasteiger partial charge in [0.05, 0.1) is 12.4 Å². The van der Waals surface area contributed by atoms with Crippen molar-refractivity contribution in [2.75, 3.05) is 18.0 Å². The normalized spacial score (nSPS) is 18.1. The molecule has 0 atom stereocenters. The van der Waals surface area contributed by atoms with Crippen molar-refractivity contribution in [1.82, 2.24) is 9.97 Å². The van der Waals surface area contributed by atoms with Crippen LogP contribution in [0.15, 0.2) is 17.5 Å².